The summed E-state index contributed by atoms with van der Waals surface area (Å²) in [4.78, 5) is 0. The molecule has 0 amide bonds. The summed E-state index contributed by atoms with van der Waals surface area (Å²) in [6, 6.07) is 5.75. The molecule has 2 rings (SSSR count). The molecule has 0 aliphatic carbocycles. The van der Waals surface area contributed by atoms with Crippen molar-refractivity contribution in [3.63, 3.8) is 0 Å². The quantitative estimate of drug-likeness (QED) is 0.769. The second kappa shape index (κ2) is 4.00. The maximum atomic E-state index is 13.4. The summed E-state index contributed by atoms with van der Waals surface area (Å²) in [6.45, 7) is 0. The maximum Gasteiger partial charge on any atom is 0.267 e. The van der Waals surface area contributed by atoms with Gasteiger partial charge < -0.3 is 0 Å². The van der Waals surface area contributed by atoms with Gasteiger partial charge in [0.05, 0.1) is 5.56 Å². The van der Waals surface area contributed by atoms with Crippen LogP contribution in [0.15, 0.2) is 30.5 Å². The standard InChI is InChI=1S/C11H9F3N2/c1-16-6-8(11(13)14)10(15-16)7-4-2-3-5-9(7)12/h2-6,11H,1H3. The molecular weight excluding hydrogens is 217 g/mol. The van der Waals surface area contributed by atoms with Crippen molar-refractivity contribution >= 4 is 0 Å². The number of aromatic nitrogens is 2. The molecule has 2 nitrogen and oxygen atoms in total. The minimum absolute atomic E-state index is 0.00407. The minimum Gasteiger partial charge on any atom is -0.275 e. The van der Waals surface area contributed by atoms with E-state index >= 15 is 0 Å². The second-order valence-electron chi connectivity index (χ2n) is 3.39. The highest BCUT2D eigenvalue weighted by Crippen LogP contribution is 2.30. The van der Waals surface area contributed by atoms with E-state index in [1.54, 1.807) is 6.07 Å². The van der Waals surface area contributed by atoms with Crippen LogP contribution in [0.25, 0.3) is 11.3 Å². The Bertz CT molecular complexity index is 506. The van der Waals surface area contributed by atoms with Crippen molar-refractivity contribution in [3.8, 4) is 11.3 Å². The van der Waals surface area contributed by atoms with Gasteiger partial charge in [-0.05, 0) is 12.1 Å². The lowest BCUT2D eigenvalue weighted by molar-refractivity contribution is 0.152. The van der Waals surface area contributed by atoms with E-state index in [1.165, 1.54) is 36.1 Å². The summed E-state index contributed by atoms with van der Waals surface area (Å²) in [5, 5.41) is 3.86. The number of alkyl halides is 2. The van der Waals surface area contributed by atoms with Crippen molar-refractivity contribution in [1.29, 1.82) is 0 Å². The minimum atomic E-state index is -2.66. The Balaban J connectivity index is 2.60. The third kappa shape index (κ3) is 1.80. The Morgan fingerprint density at radius 1 is 1.25 bits per heavy atom. The molecule has 5 heteroatoms. The molecule has 0 saturated heterocycles. The molecule has 16 heavy (non-hydrogen) atoms. The topological polar surface area (TPSA) is 17.8 Å². The van der Waals surface area contributed by atoms with Crippen LogP contribution < -0.4 is 0 Å². The zero-order valence-electron chi connectivity index (χ0n) is 8.49. The van der Waals surface area contributed by atoms with E-state index in [1.807, 2.05) is 0 Å². The second-order valence-corrected chi connectivity index (χ2v) is 3.39. The summed E-state index contributed by atoms with van der Waals surface area (Å²) in [5.41, 5.74) is -0.165. The van der Waals surface area contributed by atoms with Crippen molar-refractivity contribution < 1.29 is 13.2 Å². The third-order valence-electron chi connectivity index (χ3n) is 2.22. The fourth-order valence-electron chi connectivity index (χ4n) is 1.53. The zero-order chi connectivity index (χ0) is 11.7. The van der Waals surface area contributed by atoms with Crippen molar-refractivity contribution in [1.82, 2.24) is 9.78 Å². The molecule has 0 unspecified atom stereocenters. The first-order valence-electron chi connectivity index (χ1n) is 4.66. The number of aryl methyl sites for hydroxylation is 1. The molecule has 0 N–H and O–H groups in total. The number of halogens is 3. The first-order valence-corrected chi connectivity index (χ1v) is 4.66. The molecule has 1 aromatic carbocycles. The summed E-state index contributed by atoms with van der Waals surface area (Å²) in [7, 11) is 1.52. The van der Waals surface area contributed by atoms with Crippen molar-refractivity contribution in [2.75, 3.05) is 0 Å². The van der Waals surface area contributed by atoms with Crippen molar-refractivity contribution in [2.45, 2.75) is 6.43 Å². The van der Waals surface area contributed by atoms with Gasteiger partial charge in [0.25, 0.3) is 6.43 Å². The van der Waals surface area contributed by atoms with E-state index < -0.39 is 12.2 Å². The molecule has 0 radical (unpaired) electrons. The number of hydrogen-bond donors (Lipinski definition) is 0. The first kappa shape index (κ1) is 10.7. The Kier molecular flexibility index (Phi) is 2.68. The summed E-state index contributed by atoms with van der Waals surface area (Å²) < 4.78 is 40.1. The van der Waals surface area contributed by atoms with Crippen LogP contribution in [0.4, 0.5) is 13.2 Å². The monoisotopic (exact) mass is 226 g/mol. The summed E-state index contributed by atoms with van der Waals surface area (Å²) >= 11 is 0. The maximum absolute atomic E-state index is 13.4. The van der Waals surface area contributed by atoms with Gasteiger partial charge in [0.2, 0.25) is 0 Å². The van der Waals surface area contributed by atoms with E-state index in [0.717, 1.165) is 0 Å². The smallest absolute Gasteiger partial charge is 0.267 e. The fourth-order valence-corrected chi connectivity index (χ4v) is 1.53. The molecule has 0 aliphatic rings. The predicted molar refractivity (Wildman–Crippen MR) is 53.6 cm³/mol. The van der Waals surface area contributed by atoms with Gasteiger partial charge in [-0.2, -0.15) is 5.10 Å². The molecule has 2 aromatic rings. The third-order valence-corrected chi connectivity index (χ3v) is 2.22. The molecular formula is C11H9F3N2. The Morgan fingerprint density at radius 2 is 1.94 bits per heavy atom. The van der Waals surface area contributed by atoms with Crippen molar-refractivity contribution in [2.24, 2.45) is 7.05 Å². The van der Waals surface area contributed by atoms with Gasteiger partial charge in [0.15, 0.2) is 0 Å². The van der Waals surface area contributed by atoms with E-state index in [9.17, 15) is 13.2 Å². The highest BCUT2D eigenvalue weighted by Gasteiger charge is 2.20. The van der Waals surface area contributed by atoms with Gasteiger partial charge in [0.1, 0.15) is 11.5 Å². The van der Waals surface area contributed by atoms with Crippen molar-refractivity contribution in [3.05, 3.63) is 41.8 Å². The van der Waals surface area contributed by atoms with Crippen LogP contribution >= 0.6 is 0 Å². The zero-order valence-corrected chi connectivity index (χ0v) is 8.49. The first-order chi connectivity index (χ1) is 7.59. The lowest BCUT2D eigenvalue weighted by atomic mass is 10.1. The number of hydrogen-bond acceptors (Lipinski definition) is 1. The van der Waals surface area contributed by atoms with Crippen LogP contribution in [0.2, 0.25) is 0 Å². The van der Waals surface area contributed by atoms with E-state index in [0.29, 0.717) is 0 Å². The molecule has 1 aromatic heterocycles. The molecule has 0 spiro atoms. The molecule has 1 heterocycles. The Hall–Kier alpha value is -1.78. The number of nitrogens with zero attached hydrogens (tertiary/aromatic N) is 2. The van der Waals surface area contributed by atoms with Gasteiger partial charge in [-0.25, -0.2) is 13.2 Å². The lowest BCUT2D eigenvalue weighted by Crippen LogP contribution is -1.91. The SMILES string of the molecule is Cn1cc(C(F)F)c(-c2ccccc2F)n1. The number of benzene rings is 1. The normalized spacial score (nSPS) is 11.1. The van der Waals surface area contributed by atoms with Crippen LogP contribution in [0, 0.1) is 5.82 Å². The van der Waals surface area contributed by atoms with E-state index in [2.05, 4.69) is 5.10 Å². The van der Waals surface area contributed by atoms with Crippen LogP contribution in [0.5, 0.6) is 0 Å². The van der Waals surface area contributed by atoms with Gasteiger partial charge in [-0.15, -0.1) is 0 Å². The number of rotatable bonds is 2. The molecule has 0 atom stereocenters. The highest BCUT2D eigenvalue weighted by atomic mass is 19.3. The average Bonchev–Trinajstić information content (AvgIpc) is 2.61. The van der Waals surface area contributed by atoms with Gasteiger partial charge in [0, 0.05) is 18.8 Å². The van der Waals surface area contributed by atoms with Crippen LogP contribution in [-0.2, 0) is 7.05 Å². The van der Waals surface area contributed by atoms with Crippen LogP contribution in [0.3, 0.4) is 0 Å². The summed E-state index contributed by atoms with van der Waals surface area (Å²) in [6.07, 6.45) is -1.46. The van der Waals surface area contributed by atoms with E-state index in [4.69, 9.17) is 0 Å². The molecule has 0 bridgehead atoms. The summed E-state index contributed by atoms with van der Waals surface area (Å²) in [5.74, 6) is -0.553. The Labute approximate surface area is 90.3 Å². The van der Waals surface area contributed by atoms with Crippen LogP contribution in [-0.4, -0.2) is 9.78 Å². The molecule has 84 valence electrons. The van der Waals surface area contributed by atoms with Gasteiger partial charge in [-0.3, -0.25) is 4.68 Å². The molecule has 0 aliphatic heterocycles. The van der Waals surface area contributed by atoms with E-state index in [-0.39, 0.29) is 16.8 Å². The van der Waals surface area contributed by atoms with Crippen LogP contribution in [0.1, 0.15) is 12.0 Å². The largest absolute Gasteiger partial charge is 0.275 e. The molecule has 0 saturated carbocycles. The van der Waals surface area contributed by atoms with Gasteiger partial charge in [-0.1, -0.05) is 12.1 Å². The fraction of sp³-hybridized carbons (Fsp3) is 0.182. The highest BCUT2D eigenvalue weighted by molar-refractivity contribution is 5.63. The Morgan fingerprint density at radius 3 is 2.56 bits per heavy atom. The molecule has 0 fully saturated rings. The predicted octanol–water partition coefficient (Wildman–Crippen LogP) is 3.16. The van der Waals surface area contributed by atoms with Gasteiger partial charge >= 0.3 is 0 Å². The average molecular weight is 226 g/mol. The lowest BCUT2D eigenvalue weighted by Gasteiger charge is -2.02.